The van der Waals surface area contributed by atoms with E-state index in [9.17, 15) is 0 Å². The van der Waals surface area contributed by atoms with Crippen LogP contribution in [0.3, 0.4) is 0 Å². The van der Waals surface area contributed by atoms with Gasteiger partial charge in [-0.1, -0.05) is 13.3 Å². The molecule has 112 valence electrons. The Hall–Kier alpha value is -1.36. The van der Waals surface area contributed by atoms with Gasteiger partial charge in [-0.25, -0.2) is 0 Å². The number of nitrogens with one attached hydrogen (secondary N) is 1. The molecule has 20 heavy (non-hydrogen) atoms. The lowest BCUT2D eigenvalue weighted by atomic mass is 10.0. The highest BCUT2D eigenvalue weighted by Gasteiger charge is 2.17. The third-order valence-electron chi connectivity index (χ3n) is 3.61. The van der Waals surface area contributed by atoms with E-state index in [0.717, 1.165) is 31.9 Å². The second-order valence-corrected chi connectivity index (χ2v) is 5.25. The smallest absolute Gasteiger partial charge is 0.234 e. The Bertz CT molecular complexity index is 393. The second-order valence-electron chi connectivity index (χ2n) is 5.25. The zero-order valence-corrected chi connectivity index (χ0v) is 12.6. The predicted molar refractivity (Wildman–Crippen MR) is 81.3 cm³/mol. The summed E-state index contributed by atoms with van der Waals surface area (Å²) in [4.78, 5) is 11.1. The van der Waals surface area contributed by atoms with E-state index in [1.165, 1.54) is 19.3 Å². The molecule has 0 radical (unpaired) electrons. The van der Waals surface area contributed by atoms with Crippen LogP contribution in [-0.2, 0) is 0 Å². The van der Waals surface area contributed by atoms with Gasteiger partial charge in [0, 0.05) is 19.1 Å². The molecular weight excluding hydrogens is 252 g/mol. The van der Waals surface area contributed by atoms with Crippen LogP contribution in [0.4, 0.5) is 5.82 Å². The molecule has 1 aromatic heterocycles. The first-order valence-corrected chi connectivity index (χ1v) is 7.76. The van der Waals surface area contributed by atoms with Gasteiger partial charge >= 0.3 is 0 Å². The molecule has 1 aromatic rings. The van der Waals surface area contributed by atoms with Gasteiger partial charge in [0.05, 0.1) is 19.0 Å². The Morgan fingerprint density at radius 2 is 2.25 bits per heavy atom. The zero-order chi connectivity index (χ0) is 14.2. The molecular formula is C15H26N4O. The van der Waals surface area contributed by atoms with Crippen molar-refractivity contribution in [3.8, 4) is 5.88 Å². The minimum absolute atomic E-state index is 0.561. The van der Waals surface area contributed by atoms with E-state index in [1.807, 2.05) is 6.20 Å². The van der Waals surface area contributed by atoms with Crippen molar-refractivity contribution >= 4 is 5.82 Å². The van der Waals surface area contributed by atoms with Crippen molar-refractivity contribution in [2.75, 3.05) is 31.1 Å². The predicted octanol–water partition coefficient (Wildman–Crippen LogP) is 2.23. The van der Waals surface area contributed by atoms with E-state index in [-0.39, 0.29) is 0 Å². The molecule has 1 atom stereocenters. The Morgan fingerprint density at radius 3 is 2.95 bits per heavy atom. The average molecular weight is 278 g/mol. The third-order valence-corrected chi connectivity index (χ3v) is 3.61. The number of hydrogen-bond acceptors (Lipinski definition) is 5. The van der Waals surface area contributed by atoms with Crippen molar-refractivity contribution in [2.45, 2.75) is 45.6 Å². The van der Waals surface area contributed by atoms with Crippen LogP contribution in [0.1, 0.15) is 39.5 Å². The van der Waals surface area contributed by atoms with Gasteiger partial charge in [-0.2, -0.15) is 4.98 Å². The van der Waals surface area contributed by atoms with E-state index in [4.69, 9.17) is 4.74 Å². The van der Waals surface area contributed by atoms with Gasteiger partial charge in [-0.3, -0.25) is 4.98 Å². The lowest BCUT2D eigenvalue weighted by molar-refractivity contribution is 0.303. The van der Waals surface area contributed by atoms with Crippen molar-refractivity contribution in [1.82, 2.24) is 15.3 Å². The summed E-state index contributed by atoms with van der Waals surface area (Å²) < 4.78 is 5.56. The van der Waals surface area contributed by atoms with E-state index in [1.54, 1.807) is 6.20 Å². The van der Waals surface area contributed by atoms with E-state index < -0.39 is 0 Å². The highest BCUT2D eigenvalue weighted by atomic mass is 16.5. The first-order chi connectivity index (χ1) is 9.83. The van der Waals surface area contributed by atoms with Crippen molar-refractivity contribution in [1.29, 1.82) is 0 Å². The molecule has 5 heteroatoms. The molecule has 0 spiro atoms. The van der Waals surface area contributed by atoms with Gasteiger partial charge < -0.3 is 15.0 Å². The molecule has 5 nitrogen and oxygen atoms in total. The van der Waals surface area contributed by atoms with Gasteiger partial charge in [0.25, 0.3) is 0 Å². The number of likely N-dealkylation sites (N-methyl/N-ethyl adjacent to an activating group) is 1. The summed E-state index contributed by atoms with van der Waals surface area (Å²) in [5.41, 5.74) is 0. The van der Waals surface area contributed by atoms with E-state index in [0.29, 0.717) is 18.5 Å². The third kappa shape index (κ3) is 4.34. The molecule has 0 bridgehead atoms. The largest absolute Gasteiger partial charge is 0.477 e. The Morgan fingerprint density at radius 1 is 1.35 bits per heavy atom. The summed E-state index contributed by atoms with van der Waals surface area (Å²) in [6.07, 6.45) is 8.35. The van der Waals surface area contributed by atoms with Crippen molar-refractivity contribution in [3.05, 3.63) is 12.4 Å². The fourth-order valence-corrected chi connectivity index (χ4v) is 2.50. The summed E-state index contributed by atoms with van der Waals surface area (Å²) in [7, 11) is 0. The van der Waals surface area contributed by atoms with Gasteiger partial charge in [0.2, 0.25) is 5.88 Å². The van der Waals surface area contributed by atoms with Gasteiger partial charge in [-0.05, 0) is 32.7 Å². The highest BCUT2D eigenvalue weighted by molar-refractivity contribution is 5.37. The van der Waals surface area contributed by atoms with Crippen LogP contribution >= 0.6 is 0 Å². The number of rotatable bonds is 7. The maximum atomic E-state index is 5.56. The van der Waals surface area contributed by atoms with Crippen LogP contribution < -0.4 is 15.0 Å². The minimum atomic E-state index is 0.561. The van der Waals surface area contributed by atoms with Crippen molar-refractivity contribution in [3.63, 3.8) is 0 Å². The average Bonchev–Trinajstić information content (AvgIpc) is 2.52. The molecule has 0 aromatic carbocycles. The van der Waals surface area contributed by atoms with E-state index >= 15 is 0 Å². The quantitative estimate of drug-likeness (QED) is 0.829. The summed E-state index contributed by atoms with van der Waals surface area (Å²) >= 11 is 0. The summed E-state index contributed by atoms with van der Waals surface area (Å²) in [5.74, 6) is 1.54. The molecule has 0 saturated carbocycles. The molecule has 1 fully saturated rings. The van der Waals surface area contributed by atoms with Gasteiger partial charge in [0.15, 0.2) is 5.82 Å². The topological polar surface area (TPSA) is 50.3 Å². The molecule has 0 amide bonds. The SMILES string of the molecule is CCCOc1cncc(N(CC)CC2CCCCN2)n1. The van der Waals surface area contributed by atoms with E-state index in [2.05, 4.69) is 34.0 Å². The number of piperidine rings is 1. The molecule has 0 aliphatic carbocycles. The molecule has 1 aliphatic heterocycles. The molecule has 1 N–H and O–H groups in total. The molecule has 1 saturated heterocycles. The molecule has 1 aliphatic rings. The Balaban J connectivity index is 1.98. The number of ether oxygens (including phenoxy) is 1. The first-order valence-electron chi connectivity index (χ1n) is 7.76. The lowest BCUT2D eigenvalue weighted by Crippen LogP contribution is -2.44. The summed E-state index contributed by atoms with van der Waals surface area (Å²) in [6.45, 7) is 7.99. The Kier molecular flexibility index (Phi) is 6.05. The number of aromatic nitrogens is 2. The lowest BCUT2D eigenvalue weighted by Gasteiger charge is -2.30. The second kappa shape index (κ2) is 8.04. The fourth-order valence-electron chi connectivity index (χ4n) is 2.50. The number of nitrogens with zero attached hydrogens (tertiary/aromatic N) is 3. The first kappa shape index (κ1) is 15.0. The van der Waals surface area contributed by atoms with Crippen LogP contribution in [-0.4, -0.2) is 42.3 Å². The van der Waals surface area contributed by atoms with Gasteiger partial charge in [-0.15, -0.1) is 0 Å². The summed E-state index contributed by atoms with van der Waals surface area (Å²) in [5, 5.41) is 3.58. The number of anilines is 1. The monoisotopic (exact) mass is 278 g/mol. The molecule has 1 unspecified atom stereocenters. The zero-order valence-electron chi connectivity index (χ0n) is 12.6. The minimum Gasteiger partial charge on any atom is -0.477 e. The maximum absolute atomic E-state index is 5.56. The van der Waals surface area contributed by atoms with Crippen LogP contribution in [0.25, 0.3) is 0 Å². The van der Waals surface area contributed by atoms with Gasteiger partial charge in [0.1, 0.15) is 0 Å². The summed E-state index contributed by atoms with van der Waals surface area (Å²) in [6, 6.07) is 0.561. The standard InChI is InChI=1S/C15H26N4O/c1-3-9-20-15-11-16-10-14(18-15)19(4-2)12-13-7-5-6-8-17-13/h10-11,13,17H,3-9,12H2,1-2H3. The highest BCUT2D eigenvalue weighted by Crippen LogP contribution is 2.16. The maximum Gasteiger partial charge on any atom is 0.234 e. The fraction of sp³-hybridized carbons (Fsp3) is 0.733. The molecule has 2 rings (SSSR count). The normalized spacial score (nSPS) is 18.8. The van der Waals surface area contributed by atoms with Crippen LogP contribution in [0, 0.1) is 0 Å². The van der Waals surface area contributed by atoms with Crippen molar-refractivity contribution < 1.29 is 4.74 Å². The number of hydrogen-bond donors (Lipinski definition) is 1. The van der Waals surface area contributed by atoms with Crippen LogP contribution in [0.15, 0.2) is 12.4 Å². The van der Waals surface area contributed by atoms with Crippen molar-refractivity contribution in [2.24, 2.45) is 0 Å². The Labute approximate surface area is 121 Å². The van der Waals surface area contributed by atoms with Crippen LogP contribution in [0.5, 0.6) is 5.88 Å². The van der Waals surface area contributed by atoms with Crippen LogP contribution in [0.2, 0.25) is 0 Å². The molecule has 2 heterocycles.